The summed E-state index contributed by atoms with van der Waals surface area (Å²) in [4.78, 5) is 51.9. The molecule has 1 aliphatic heterocycles. The van der Waals surface area contributed by atoms with Gasteiger partial charge in [0.1, 0.15) is 24.4 Å². The van der Waals surface area contributed by atoms with Crippen molar-refractivity contribution in [2.75, 3.05) is 19.7 Å². The summed E-state index contributed by atoms with van der Waals surface area (Å²) in [5, 5.41) is 11.0. The first-order valence-electron chi connectivity index (χ1n) is 12.7. The van der Waals surface area contributed by atoms with E-state index >= 15 is 0 Å². The van der Waals surface area contributed by atoms with E-state index in [0.717, 1.165) is 11.1 Å². The van der Waals surface area contributed by atoms with Crippen molar-refractivity contribution in [3.8, 4) is 5.75 Å². The highest BCUT2D eigenvalue weighted by atomic mass is 16.5. The van der Waals surface area contributed by atoms with Crippen LogP contribution in [0.15, 0.2) is 48.5 Å². The molecule has 0 spiro atoms. The van der Waals surface area contributed by atoms with E-state index in [1.807, 2.05) is 45.0 Å². The summed E-state index contributed by atoms with van der Waals surface area (Å²) >= 11 is 0. The number of nitrogens with one attached hydrogen (secondary N) is 4. The van der Waals surface area contributed by atoms with Crippen LogP contribution in [0.4, 0.5) is 0 Å². The van der Waals surface area contributed by atoms with Crippen LogP contribution < -0.4 is 26.0 Å². The van der Waals surface area contributed by atoms with Crippen molar-refractivity contribution in [3.63, 3.8) is 0 Å². The molecule has 4 N–H and O–H groups in total. The van der Waals surface area contributed by atoms with E-state index in [9.17, 15) is 19.2 Å². The molecule has 0 bridgehead atoms. The average Bonchev–Trinajstić information content (AvgIpc) is 2.85. The number of aryl methyl sites for hydroxylation is 1. The number of para-hydroxylation sites is 1. The van der Waals surface area contributed by atoms with Gasteiger partial charge in [-0.3, -0.25) is 19.2 Å². The quantitative estimate of drug-likeness (QED) is 0.474. The van der Waals surface area contributed by atoms with Crippen LogP contribution in [0.5, 0.6) is 5.75 Å². The lowest BCUT2D eigenvalue weighted by Gasteiger charge is -2.24. The third-order valence-electron chi connectivity index (χ3n) is 5.96. The van der Waals surface area contributed by atoms with Crippen LogP contribution in [0, 0.1) is 12.8 Å². The predicted octanol–water partition coefficient (Wildman–Crippen LogP) is 1.88. The molecule has 0 aliphatic carbocycles. The Kier molecular flexibility index (Phi) is 10.1. The maximum Gasteiger partial charge on any atom is 0.255 e. The molecular weight excluding hydrogens is 472 g/mol. The van der Waals surface area contributed by atoms with Crippen molar-refractivity contribution in [2.45, 2.75) is 52.1 Å². The third-order valence-corrected chi connectivity index (χ3v) is 5.96. The minimum absolute atomic E-state index is 0.140. The molecule has 1 aliphatic rings. The van der Waals surface area contributed by atoms with Gasteiger partial charge in [-0.1, -0.05) is 55.8 Å². The summed E-state index contributed by atoms with van der Waals surface area (Å²) in [5.41, 5.74) is 2.43. The highest BCUT2D eigenvalue weighted by Gasteiger charge is 2.28. The van der Waals surface area contributed by atoms with E-state index in [0.29, 0.717) is 25.1 Å². The summed E-state index contributed by atoms with van der Waals surface area (Å²) in [5.74, 6) is -1.35. The summed E-state index contributed by atoms with van der Waals surface area (Å²) < 4.78 is 5.74. The number of benzene rings is 2. The second-order valence-electron chi connectivity index (χ2n) is 9.65. The van der Waals surface area contributed by atoms with Gasteiger partial charge >= 0.3 is 0 Å². The molecule has 0 saturated heterocycles. The van der Waals surface area contributed by atoms with E-state index in [1.165, 1.54) is 0 Å². The molecule has 2 atom stereocenters. The van der Waals surface area contributed by atoms with Crippen molar-refractivity contribution in [1.29, 1.82) is 0 Å². The second kappa shape index (κ2) is 13.4. The summed E-state index contributed by atoms with van der Waals surface area (Å²) in [6, 6.07) is 12.7. The van der Waals surface area contributed by atoms with Crippen molar-refractivity contribution in [1.82, 2.24) is 21.3 Å². The van der Waals surface area contributed by atoms with Gasteiger partial charge in [0, 0.05) is 6.54 Å². The number of hydrogen-bond donors (Lipinski definition) is 4. The zero-order valence-corrected chi connectivity index (χ0v) is 21.6. The van der Waals surface area contributed by atoms with E-state index in [4.69, 9.17) is 4.74 Å². The lowest BCUT2D eigenvalue weighted by atomic mass is 10.0. The first-order valence-corrected chi connectivity index (χ1v) is 12.7. The number of carbonyl (C=O) groups excluding carboxylic acids is 4. The number of ether oxygens (including phenoxy) is 1. The van der Waals surface area contributed by atoms with Crippen LogP contribution in [0.3, 0.4) is 0 Å². The minimum Gasteiger partial charge on any atom is -0.491 e. The highest BCUT2D eigenvalue weighted by molar-refractivity contribution is 6.01. The second-order valence-corrected chi connectivity index (χ2v) is 9.65. The van der Waals surface area contributed by atoms with Gasteiger partial charge in [-0.2, -0.15) is 0 Å². The van der Waals surface area contributed by atoms with Gasteiger partial charge in [0.05, 0.1) is 18.5 Å². The molecule has 3 rings (SSSR count). The maximum atomic E-state index is 13.1. The molecular formula is C28H36N4O5. The molecule has 0 radical (unpaired) electrons. The van der Waals surface area contributed by atoms with Gasteiger partial charge in [-0.25, -0.2) is 0 Å². The Balaban J connectivity index is 1.79. The molecule has 1 heterocycles. The molecule has 2 aromatic rings. The molecule has 2 aromatic carbocycles. The number of carbonyl (C=O) groups is 4. The smallest absolute Gasteiger partial charge is 0.255 e. The van der Waals surface area contributed by atoms with Crippen molar-refractivity contribution in [3.05, 3.63) is 65.2 Å². The molecule has 4 amide bonds. The Hall–Kier alpha value is -3.88. The zero-order valence-electron chi connectivity index (χ0n) is 21.6. The van der Waals surface area contributed by atoms with Crippen LogP contribution in [-0.2, 0) is 20.8 Å². The Morgan fingerprint density at radius 3 is 2.62 bits per heavy atom. The Bertz CT molecular complexity index is 1120. The van der Waals surface area contributed by atoms with Gasteiger partial charge in [-0.15, -0.1) is 0 Å². The van der Waals surface area contributed by atoms with Gasteiger partial charge in [0.2, 0.25) is 17.7 Å². The van der Waals surface area contributed by atoms with Crippen molar-refractivity contribution in [2.24, 2.45) is 5.92 Å². The molecule has 0 saturated carbocycles. The Morgan fingerprint density at radius 2 is 1.86 bits per heavy atom. The largest absolute Gasteiger partial charge is 0.491 e. The van der Waals surface area contributed by atoms with Crippen LogP contribution >= 0.6 is 0 Å². The van der Waals surface area contributed by atoms with Gasteiger partial charge in [0.25, 0.3) is 5.91 Å². The summed E-state index contributed by atoms with van der Waals surface area (Å²) in [7, 11) is 0. The molecule has 0 unspecified atom stereocenters. The van der Waals surface area contributed by atoms with E-state index < -0.39 is 29.8 Å². The van der Waals surface area contributed by atoms with E-state index in [1.54, 1.807) is 24.3 Å². The number of fused-ring (bicyclic) bond motifs is 1. The SMILES string of the molecule is Cc1cccc(CCNC(=O)[C@@H]2CC(=O)N[C@H](CC(C)C)C(=O)NCCOc3ccccc3C(=O)N2)c1. The number of hydrogen-bond acceptors (Lipinski definition) is 5. The fourth-order valence-electron chi connectivity index (χ4n) is 4.15. The third kappa shape index (κ3) is 8.63. The molecule has 0 aromatic heterocycles. The van der Waals surface area contributed by atoms with Gasteiger partial charge in [0.15, 0.2) is 0 Å². The highest BCUT2D eigenvalue weighted by Crippen LogP contribution is 2.18. The minimum atomic E-state index is -1.14. The first-order chi connectivity index (χ1) is 17.7. The normalized spacial score (nSPS) is 19.0. The van der Waals surface area contributed by atoms with Gasteiger partial charge < -0.3 is 26.0 Å². The molecule has 9 nitrogen and oxygen atoms in total. The van der Waals surface area contributed by atoms with E-state index in [2.05, 4.69) is 21.3 Å². The van der Waals surface area contributed by atoms with Crippen molar-refractivity contribution < 1.29 is 23.9 Å². The fourth-order valence-corrected chi connectivity index (χ4v) is 4.15. The predicted molar refractivity (Wildman–Crippen MR) is 140 cm³/mol. The lowest BCUT2D eigenvalue weighted by molar-refractivity contribution is -0.131. The van der Waals surface area contributed by atoms with E-state index in [-0.39, 0.29) is 37.0 Å². The summed E-state index contributed by atoms with van der Waals surface area (Å²) in [6.07, 6.45) is 0.724. The molecule has 9 heteroatoms. The fraction of sp³-hybridized carbons (Fsp3) is 0.429. The molecule has 198 valence electrons. The van der Waals surface area contributed by atoms with Crippen LogP contribution in [-0.4, -0.2) is 55.4 Å². The van der Waals surface area contributed by atoms with Crippen molar-refractivity contribution >= 4 is 23.6 Å². The molecule has 0 fully saturated rings. The lowest BCUT2D eigenvalue weighted by Crippen LogP contribution is -2.53. The standard InChI is InChI=1S/C28H36N4O5/c1-18(2)15-22-27(35)30-13-14-37-24-10-5-4-9-21(24)26(34)32-23(17-25(33)31-22)28(36)29-12-11-20-8-6-7-19(3)16-20/h4-10,16,18,22-23H,11-15,17H2,1-3H3,(H,29,36)(H,30,35)(H,31,33)(H,32,34)/t22-,23+/m1/s1. The average molecular weight is 509 g/mol. The Labute approximate surface area is 217 Å². The maximum absolute atomic E-state index is 13.1. The Morgan fingerprint density at radius 1 is 1.08 bits per heavy atom. The summed E-state index contributed by atoms with van der Waals surface area (Å²) in [6.45, 7) is 6.60. The number of rotatable bonds is 6. The van der Waals surface area contributed by atoms with Crippen LogP contribution in [0.1, 0.15) is 48.2 Å². The molecule has 37 heavy (non-hydrogen) atoms. The zero-order chi connectivity index (χ0) is 26.8. The number of amides is 4. The van der Waals surface area contributed by atoms with Crippen LogP contribution in [0.25, 0.3) is 0 Å². The topological polar surface area (TPSA) is 126 Å². The van der Waals surface area contributed by atoms with Crippen LogP contribution in [0.2, 0.25) is 0 Å². The van der Waals surface area contributed by atoms with Gasteiger partial charge in [-0.05, 0) is 43.4 Å². The monoisotopic (exact) mass is 508 g/mol. The first kappa shape index (κ1) is 27.7.